The van der Waals surface area contributed by atoms with Gasteiger partial charge in [0.2, 0.25) is 0 Å². The Morgan fingerprint density at radius 1 is 1.55 bits per heavy atom. The number of nitrogens with one attached hydrogen (secondary N) is 1. The summed E-state index contributed by atoms with van der Waals surface area (Å²) in [5.41, 5.74) is 0.0953. The van der Waals surface area contributed by atoms with Crippen LogP contribution >= 0.6 is 0 Å². The molecule has 8 heteroatoms. The minimum atomic E-state index is -0.986. The zero-order chi connectivity index (χ0) is 14.8. The van der Waals surface area contributed by atoms with Crippen molar-refractivity contribution < 1.29 is 19.4 Å². The normalized spacial score (nSPS) is 17.8. The first kappa shape index (κ1) is 14.3. The number of carboxylic acids is 1. The van der Waals surface area contributed by atoms with E-state index in [2.05, 4.69) is 10.4 Å². The van der Waals surface area contributed by atoms with Crippen LogP contribution in [0, 0.1) is 0 Å². The van der Waals surface area contributed by atoms with Gasteiger partial charge in [-0.1, -0.05) is 0 Å². The van der Waals surface area contributed by atoms with Gasteiger partial charge in [-0.25, -0.2) is 4.79 Å². The van der Waals surface area contributed by atoms with Gasteiger partial charge in [0.05, 0.1) is 30.6 Å². The Morgan fingerprint density at radius 2 is 2.30 bits per heavy atom. The van der Waals surface area contributed by atoms with Gasteiger partial charge >= 0.3 is 12.0 Å². The van der Waals surface area contributed by atoms with Crippen molar-refractivity contribution in [2.24, 2.45) is 0 Å². The molecule has 20 heavy (non-hydrogen) atoms. The average molecular weight is 282 g/mol. The summed E-state index contributed by atoms with van der Waals surface area (Å²) in [6, 6.07) is -0.242. The smallest absolute Gasteiger partial charge is 0.325 e. The molecule has 0 aliphatic carbocycles. The summed E-state index contributed by atoms with van der Waals surface area (Å²) >= 11 is 0. The lowest BCUT2D eigenvalue weighted by Gasteiger charge is -2.41. The number of hydrogen-bond acceptors (Lipinski definition) is 4. The lowest BCUT2D eigenvalue weighted by atomic mass is 10.0. The van der Waals surface area contributed by atoms with Gasteiger partial charge in [0.15, 0.2) is 0 Å². The number of morpholine rings is 1. The molecule has 2 N–H and O–H groups in total. The van der Waals surface area contributed by atoms with Crippen molar-refractivity contribution in [2.75, 3.05) is 25.1 Å². The number of hydrogen-bond donors (Lipinski definition) is 2. The third-order valence-electron chi connectivity index (χ3n) is 3.07. The van der Waals surface area contributed by atoms with Crippen LogP contribution in [0.15, 0.2) is 12.4 Å². The van der Waals surface area contributed by atoms with Crippen molar-refractivity contribution in [1.82, 2.24) is 14.7 Å². The van der Waals surface area contributed by atoms with Crippen molar-refractivity contribution >= 4 is 17.7 Å². The van der Waals surface area contributed by atoms with Gasteiger partial charge in [-0.3, -0.25) is 9.48 Å². The van der Waals surface area contributed by atoms with Crippen LogP contribution in [0.3, 0.4) is 0 Å². The van der Waals surface area contributed by atoms with Crippen LogP contribution in [-0.4, -0.2) is 57.1 Å². The van der Waals surface area contributed by atoms with Crippen LogP contribution in [0.4, 0.5) is 10.5 Å². The Bertz CT molecular complexity index is 511. The van der Waals surface area contributed by atoms with Crippen molar-refractivity contribution in [3.05, 3.63) is 12.4 Å². The van der Waals surface area contributed by atoms with Gasteiger partial charge in [-0.15, -0.1) is 0 Å². The zero-order valence-electron chi connectivity index (χ0n) is 11.5. The number of carboxylic acid groups (broad SMARTS) is 1. The van der Waals surface area contributed by atoms with Gasteiger partial charge in [0.1, 0.15) is 6.54 Å². The first-order valence-corrected chi connectivity index (χ1v) is 6.29. The summed E-state index contributed by atoms with van der Waals surface area (Å²) in [6.45, 7) is 5.13. The van der Waals surface area contributed by atoms with Crippen LogP contribution in [0.5, 0.6) is 0 Å². The van der Waals surface area contributed by atoms with E-state index in [9.17, 15) is 9.59 Å². The number of carbonyl (C=O) groups excluding carboxylic acids is 1. The number of amides is 2. The second-order valence-electron chi connectivity index (χ2n) is 5.27. The minimum absolute atomic E-state index is 0.237. The minimum Gasteiger partial charge on any atom is -0.480 e. The van der Waals surface area contributed by atoms with Gasteiger partial charge < -0.3 is 20.1 Å². The van der Waals surface area contributed by atoms with E-state index in [0.717, 1.165) is 0 Å². The summed E-state index contributed by atoms with van der Waals surface area (Å²) in [6.07, 6.45) is 2.91. The highest BCUT2D eigenvalue weighted by atomic mass is 16.5. The summed E-state index contributed by atoms with van der Waals surface area (Å²) in [4.78, 5) is 24.5. The lowest BCUT2D eigenvalue weighted by Crippen LogP contribution is -2.56. The number of ether oxygens (including phenoxy) is 1. The van der Waals surface area contributed by atoms with E-state index in [4.69, 9.17) is 9.84 Å². The van der Waals surface area contributed by atoms with Crippen molar-refractivity contribution in [2.45, 2.75) is 25.9 Å². The van der Waals surface area contributed by atoms with Gasteiger partial charge in [-0.2, -0.15) is 5.10 Å². The van der Waals surface area contributed by atoms with E-state index in [1.54, 1.807) is 4.90 Å². The van der Waals surface area contributed by atoms with E-state index in [-0.39, 0.29) is 18.1 Å². The summed E-state index contributed by atoms with van der Waals surface area (Å²) in [5, 5.41) is 15.2. The Hall–Kier alpha value is -2.09. The maximum atomic E-state index is 12.2. The molecule has 8 nitrogen and oxygen atoms in total. The molecule has 2 heterocycles. The van der Waals surface area contributed by atoms with Gasteiger partial charge in [-0.05, 0) is 13.8 Å². The number of anilines is 1. The molecule has 1 fully saturated rings. The van der Waals surface area contributed by atoms with E-state index >= 15 is 0 Å². The first-order chi connectivity index (χ1) is 9.38. The lowest BCUT2D eigenvalue weighted by molar-refractivity contribution is -0.137. The number of aromatic nitrogens is 2. The summed E-state index contributed by atoms with van der Waals surface area (Å²) in [5.74, 6) is -0.986. The molecule has 1 saturated heterocycles. The molecule has 0 spiro atoms. The summed E-state index contributed by atoms with van der Waals surface area (Å²) in [7, 11) is 0. The molecular weight excluding hydrogens is 264 g/mol. The van der Waals surface area contributed by atoms with Crippen molar-refractivity contribution in [1.29, 1.82) is 0 Å². The van der Waals surface area contributed by atoms with Crippen molar-refractivity contribution in [3.63, 3.8) is 0 Å². The molecule has 1 aliphatic heterocycles. The highest BCUT2D eigenvalue weighted by molar-refractivity contribution is 5.89. The number of carbonyl (C=O) groups is 2. The molecule has 0 radical (unpaired) electrons. The van der Waals surface area contributed by atoms with Gasteiger partial charge in [0, 0.05) is 12.7 Å². The number of urea groups is 1. The highest BCUT2D eigenvalue weighted by Gasteiger charge is 2.34. The topological polar surface area (TPSA) is 96.7 Å². The fourth-order valence-corrected chi connectivity index (χ4v) is 2.08. The molecule has 1 aliphatic rings. The molecule has 1 aromatic rings. The molecule has 110 valence electrons. The van der Waals surface area contributed by atoms with Crippen LogP contribution < -0.4 is 5.32 Å². The Labute approximate surface area is 116 Å². The molecule has 0 bridgehead atoms. The maximum Gasteiger partial charge on any atom is 0.325 e. The third-order valence-corrected chi connectivity index (χ3v) is 3.07. The fourth-order valence-electron chi connectivity index (χ4n) is 2.08. The van der Waals surface area contributed by atoms with Crippen LogP contribution in [-0.2, 0) is 16.1 Å². The summed E-state index contributed by atoms with van der Waals surface area (Å²) < 4.78 is 6.61. The fraction of sp³-hybridized carbons (Fsp3) is 0.583. The average Bonchev–Trinajstić information content (AvgIpc) is 2.74. The largest absolute Gasteiger partial charge is 0.480 e. The second-order valence-corrected chi connectivity index (χ2v) is 5.27. The Morgan fingerprint density at radius 3 is 2.95 bits per heavy atom. The number of nitrogens with zero attached hydrogens (tertiary/aromatic N) is 3. The Kier molecular flexibility index (Phi) is 3.93. The standard InChI is InChI=1S/C12H18N4O4/c1-12(2)8-20-4-3-16(12)11(19)14-9-5-13-15(6-9)7-10(17)18/h5-6H,3-4,7-8H2,1-2H3,(H,14,19)(H,17,18). The Balaban J connectivity index is 2.00. The van der Waals surface area contributed by atoms with Gasteiger partial charge in [0.25, 0.3) is 0 Å². The third kappa shape index (κ3) is 3.27. The molecule has 2 rings (SSSR count). The SMILES string of the molecule is CC1(C)COCCN1C(=O)Nc1cnn(CC(=O)O)c1. The van der Waals surface area contributed by atoms with Crippen molar-refractivity contribution in [3.8, 4) is 0 Å². The van der Waals surface area contributed by atoms with Crippen LogP contribution in [0.25, 0.3) is 0 Å². The molecular formula is C12H18N4O4. The first-order valence-electron chi connectivity index (χ1n) is 6.29. The monoisotopic (exact) mass is 282 g/mol. The van der Waals surface area contributed by atoms with E-state index in [1.165, 1.54) is 17.1 Å². The second kappa shape index (κ2) is 5.49. The molecule has 0 aromatic carbocycles. The highest BCUT2D eigenvalue weighted by Crippen LogP contribution is 2.20. The number of aliphatic carboxylic acids is 1. The van der Waals surface area contributed by atoms with E-state index < -0.39 is 5.97 Å². The quantitative estimate of drug-likeness (QED) is 0.846. The van der Waals surface area contributed by atoms with E-state index in [1.807, 2.05) is 13.8 Å². The predicted octanol–water partition coefficient (Wildman–Crippen LogP) is 0.610. The number of rotatable bonds is 3. The van der Waals surface area contributed by atoms with Crippen LogP contribution in [0.2, 0.25) is 0 Å². The zero-order valence-corrected chi connectivity index (χ0v) is 11.5. The predicted molar refractivity (Wildman–Crippen MR) is 70.5 cm³/mol. The molecule has 1 aromatic heterocycles. The molecule has 2 amide bonds. The molecule has 0 saturated carbocycles. The molecule has 0 unspecified atom stereocenters. The van der Waals surface area contributed by atoms with Crippen LogP contribution in [0.1, 0.15) is 13.8 Å². The molecule has 0 atom stereocenters. The van der Waals surface area contributed by atoms with E-state index in [0.29, 0.717) is 25.4 Å². The maximum absolute atomic E-state index is 12.2.